The first-order chi connectivity index (χ1) is 11.4. The number of halogens is 1. The van der Waals surface area contributed by atoms with Crippen LogP contribution in [0.1, 0.15) is 16.7 Å². The Balaban J connectivity index is 2.20. The van der Waals surface area contributed by atoms with Crippen LogP contribution in [0.5, 0.6) is 0 Å². The van der Waals surface area contributed by atoms with Crippen LogP contribution in [0, 0.1) is 32.1 Å². The number of nitrogens with zero attached hydrogens (tertiary/aromatic N) is 1. The summed E-state index contributed by atoms with van der Waals surface area (Å²) in [5.74, 6) is -0.438. The third kappa shape index (κ3) is 4.24. The molecule has 0 aliphatic heterocycles. The van der Waals surface area contributed by atoms with Crippen LogP contribution in [0.25, 0.3) is 0 Å². The van der Waals surface area contributed by atoms with E-state index in [2.05, 4.69) is 26.6 Å². The van der Waals surface area contributed by atoms with Gasteiger partial charge in [-0.15, -0.1) is 0 Å². The summed E-state index contributed by atoms with van der Waals surface area (Å²) in [4.78, 5) is 12.4. The van der Waals surface area contributed by atoms with Crippen LogP contribution >= 0.6 is 15.9 Å². The number of para-hydroxylation sites is 1. The maximum Gasteiger partial charge on any atom is 0.267 e. The highest BCUT2D eigenvalue weighted by atomic mass is 79.9. The maximum atomic E-state index is 12.4. The van der Waals surface area contributed by atoms with Crippen LogP contribution in [0.2, 0.25) is 0 Å². The van der Waals surface area contributed by atoms with Crippen molar-refractivity contribution in [3.8, 4) is 6.07 Å². The van der Waals surface area contributed by atoms with Crippen LogP contribution in [0.4, 0.5) is 11.4 Å². The topological polar surface area (TPSA) is 64.9 Å². The molecule has 0 atom stereocenters. The Bertz CT molecular complexity index is 827. The number of amides is 1. The number of nitrogens with one attached hydrogen (secondary N) is 2. The van der Waals surface area contributed by atoms with Gasteiger partial charge < -0.3 is 10.6 Å². The van der Waals surface area contributed by atoms with Crippen molar-refractivity contribution < 1.29 is 4.79 Å². The van der Waals surface area contributed by atoms with Crippen LogP contribution in [0.3, 0.4) is 0 Å². The van der Waals surface area contributed by atoms with Crippen molar-refractivity contribution in [1.82, 2.24) is 0 Å². The van der Waals surface area contributed by atoms with Crippen molar-refractivity contribution in [2.24, 2.45) is 0 Å². The molecule has 0 unspecified atom stereocenters. The number of nitriles is 1. The van der Waals surface area contributed by atoms with Gasteiger partial charge in [0.05, 0.1) is 5.69 Å². The molecular formula is C19H18BrN3O. The van der Waals surface area contributed by atoms with Gasteiger partial charge in [0, 0.05) is 16.4 Å². The first kappa shape index (κ1) is 17.8. The standard InChI is InChI=1S/C19H18BrN3O/c1-12-8-13(2)18(14(3)9-12)23-19(24)15(10-21)11-22-17-7-5-4-6-16(17)20/h4-9,11,22H,1-3H3,(H,23,24)/b15-11-. The summed E-state index contributed by atoms with van der Waals surface area (Å²) in [6, 6.07) is 13.4. The number of hydrogen-bond acceptors (Lipinski definition) is 3. The number of carbonyl (C=O) groups excluding carboxylic acids is 1. The molecule has 2 aromatic rings. The summed E-state index contributed by atoms with van der Waals surface area (Å²) in [6.07, 6.45) is 1.41. The van der Waals surface area contributed by atoms with Crippen LogP contribution in [-0.4, -0.2) is 5.91 Å². The molecule has 0 heterocycles. The Morgan fingerprint density at radius 2 is 1.79 bits per heavy atom. The molecule has 0 aromatic heterocycles. The van der Waals surface area contributed by atoms with Gasteiger partial charge in [-0.2, -0.15) is 5.26 Å². The third-order valence-corrected chi connectivity index (χ3v) is 4.22. The first-order valence-electron chi connectivity index (χ1n) is 7.43. The number of hydrogen-bond donors (Lipinski definition) is 2. The zero-order valence-electron chi connectivity index (χ0n) is 13.8. The van der Waals surface area contributed by atoms with E-state index in [1.54, 1.807) is 0 Å². The van der Waals surface area contributed by atoms with Crippen LogP contribution in [0.15, 0.2) is 52.6 Å². The Labute approximate surface area is 150 Å². The monoisotopic (exact) mass is 383 g/mol. The summed E-state index contributed by atoms with van der Waals surface area (Å²) in [5.41, 5.74) is 4.60. The van der Waals surface area contributed by atoms with Gasteiger partial charge >= 0.3 is 0 Å². The van der Waals surface area contributed by atoms with Gasteiger partial charge in [0.15, 0.2) is 0 Å². The van der Waals surface area contributed by atoms with Crippen molar-refractivity contribution >= 4 is 33.2 Å². The molecule has 0 aliphatic rings. The predicted molar refractivity (Wildman–Crippen MR) is 101 cm³/mol. The summed E-state index contributed by atoms with van der Waals surface area (Å²) in [7, 11) is 0. The summed E-state index contributed by atoms with van der Waals surface area (Å²) in [5, 5.41) is 15.1. The number of carbonyl (C=O) groups is 1. The lowest BCUT2D eigenvalue weighted by Gasteiger charge is -2.12. The fraction of sp³-hybridized carbons (Fsp3) is 0.158. The van der Waals surface area contributed by atoms with E-state index in [-0.39, 0.29) is 5.57 Å². The first-order valence-corrected chi connectivity index (χ1v) is 8.22. The van der Waals surface area contributed by atoms with Crippen molar-refractivity contribution in [2.45, 2.75) is 20.8 Å². The Morgan fingerprint density at radius 3 is 2.38 bits per heavy atom. The minimum Gasteiger partial charge on any atom is -0.359 e. The van der Waals surface area contributed by atoms with E-state index in [0.29, 0.717) is 0 Å². The molecule has 0 bridgehead atoms. The second-order valence-corrected chi connectivity index (χ2v) is 6.38. The minimum atomic E-state index is -0.438. The molecule has 2 N–H and O–H groups in total. The second kappa shape index (κ2) is 7.80. The van der Waals surface area contributed by atoms with Crippen LogP contribution in [-0.2, 0) is 4.79 Å². The fourth-order valence-electron chi connectivity index (χ4n) is 2.43. The average Bonchev–Trinajstić information content (AvgIpc) is 2.53. The normalized spacial score (nSPS) is 10.9. The van der Waals surface area contributed by atoms with Gasteiger partial charge in [0.25, 0.3) is 5.91 Å². The fourth-order valence-corrected chi connectivity index (χ4v) is 2.83. The molecule has 0 aliphatic carbocycles. The van der Waals surface area contributed by atoms with Crippen molar-refractivity contribution in [3.63, 3.8) is 0 Å². The molecule has 1 amide bonds. The van der Waals surface area contributed by atoms with E-state index in [1.807, 2.05) is 63.2 Å². The lowest BCUT2D eigenvalue weighted by Crippen LogP contribution is -2.16. The van der Waals surface area contributed by atoms with Gasteiger partial charge in [-0.05, 0) is 60.0 Å². The Kier molecular flexibility index (Phi) is 5.78. The molecule has 0 radical (unpaired) electrons. The van der Waals surface area contributed by atoms with Crippen molar-refractivity contribution in [3.05, 3.63) is 69.3 Å². The lowest BCUT2D eigenvalue weighted by atomic mass is 10.0. The molecule has 122 valence electrons. The number of anilines is 2. The molecule has 2 aromatic carbocycles. The van der Waals surface area contributed by atoms with Crippen molar-refractivity contribution in [1.29, 1.82) is 5.26 Å². The van der Waals surface area contributed by atoms with Gasteiger partial charge in [0.1, 0.15) is 11.6 Å². The van der Waals surface area contributed by atoms with Gasteiger partial charge in [-0.3, -0.25) is 4.79 Å². The lowest BCUT2D eigenvalue weighted by molar-refractivity contribution is -0.112. The molecule has 0 fully saturated rings. The number of rotatable bonds is 4. The van der Waals surface area contributed by atoms with E-state index in [9.17, 15) is 10.1 Å². The molecule has 4 nitrogen and oxygen atoms in total. The highest BCUT2D eigenvalue weighted by Crippen LogP contribution is 2.23. The maximum absolute atomic E-state index is 12.4. The van der Waals surface area contributed by atoms with E-state index < -0.39 is 5.91 Å². The number of benzene rings is 2. The molecule has 0 saturated heterocycles. The largest absolute Gasteiger partial charge is 0.359 e. The zero-order chi connectivity index (χ0) is 17.7. The molecular weight excluding hydrogens is 366 g/mol. The summed E-state index contributed by atoms with van der Waals surface area (Å²) < 4.78 is 0.851. The van der Waals surface area contributed by atoms with E-state index in [0.717, 1.165) is 32.5 Å². The summed E-state index contributed by atoms with van der Waals surface area (Å²) in [6.45, 7) is 5.88. The quantitative estimate of drug-likeness (QED) is 0.586. The molecule has 24 heavy (non-hydrogen) atoms. The van der Waals surface area contributed by atoms with Crippen molar-refractivity contribution in [2.75, 3.05) is 10.6 Å². The second-order valence-electron chi connectivity index (χ2n) is 5.52. The SMILES string of the molecule is Cc1cc(C)c(NC(=O)/C(C#N)=C\Nc2ccccc2Br)c(C)c1. The minimum absolute atomic E-state index is 0.00475. The average molecular weight is 384 g/mol. The highest BCUT2D eigenvalue weighted by Gasteiger charge is 2.13. The highest BCUT2D eigenvalue weighted by molar-refractivity contribution is 9.10. The molecule has 0 spiro atoms. The molecule has 2 rings (SSSR count). The van der Waals surface area contributed by atoms with E-state index in [1.165, 1.54) is 6.20 Å². The zero-order valence-corrected chi connectivity index (χ0v) is 15.4. The summed E-state index contributed by atoms with van der Waals surface area (Å²) >= 11 is 3.41. The van der Waals surface area contributed by atoms with Crippen LogP contribution < -0.4 is 10.6 Å². The number of aryl methyl sites for hydroxylation is 3. The third-order valence-electron chi connectivity index (χ3n) is 3.53. The molecule has 5 heteroatoms. The van der Waals surface area contributed by atoms with E-state index >= 15 is 0 Å². The Morgan fingerprint density at radius 1 is 1.17 bits per heavy atom. The Hall–Kier alpha value is -2.58. The van der Waals surface area contributed by atoms with Gasteiger partial charge in [-0.25, -0.2) is 0 Å². The van der Waals surface area contributed by atoms with Gasteiger partial charge in [0.2, 0.25) is 0 Å². The van der Waals surface area contributed by atoms with Gasteiger partial charge in [-0.1, -0.05) is 29.8 Å². The molecule has 0 saturated carbocycles. The van der Waals surface area contributed by atoms with E-state index in [4.69, 9.17) is 0 Å². The smallest absolute Gasteiger partial charge is 0.267 e. The predicted octanol–water partition coefficient (Wildman–Crippen LogP) is 4.83.